The lowest BCUT2D eigenvalue weighted by atomic mass is 9.89. The van der Waals surface area contributed by atoms with E-state index in [0.29, 0.717) is 6.42 Å². The highest BCUT2D eigenvalue weighted by atomic mass is 16.4. The van der Waals surface area contributed by atoms with Gasteiger partial charge in [0.2, 0.25) is 0 Å². The minimum Gasteiger partial charge on any atom is -0.481 e. The molecule has 0 aromatic heterocycles. The fraction of sp³-hybridized carbons (Fsp3) is 0.846. The molecule has 4 unspecified atom stereocenters. The van der Waals surface area contributed by atoms with Crippen LogP contribution in [-0.2, 0) is 4.79 Å². The van der Waals surface area contributed by atoms with Crippen LogP contribution in [0.2, 0.25) is 0 Å². The molecule has 19 heavy (non-hydrogen) atoms. The van der Waals surface area contributed by atoms with Crippen molar-refractivity contribution in [2.45, 2.75) is 44.3 Å². The van der Waals surface area contributed by atoms with Crippen LogP contribution in [-0.4, -0.2) is 65.7 Å². The Morgan fingerprint density at radius 2 is 2.11 bits per heavy atom. The molecule has 2 heterocycles. The van der Waals surface area contributed by atoms with Crippen molar-refractivity contribution >= 4 is 12.0 Å². The van der Waals surface area contributed by atoms with Crippen molar-refractivity contribution in [2.75, 3.05) is 20.6 Å². The van der Waals surface area contributed by atoms with Crippen molar-refractivity contribution in [3.8, 4) is 0 Å². The lowest BCUT2D eigenvalue weighted by molar-refractivity contribution is -0.142. The Morgan fingerprint density at radius 3 is 2.63 bits per heavy atom. The van der Waals surface area contributed by atoms with Gasteiger partial charge >= 0.3 is 12.0 Å². The van der Waals surface area contributed by atoms with Crippen LogP contribution in [0.1, 0.15) is 26.2 Å². The van der Waals surface area contributed by atoms with E-state index in [4.69, 9.17) is 0 Å². The first-order valence-electron chi connectivity index (χ1n) is 6.86. The summed E-state index contributed by atoms with van der Waals surface area (Å²) >= 11 is 0. The zero-order chi connectivity index (χ0) is 14.2. The maximum absolute atomic E-state index is 12.3. The molecule has 0 radical (unpaired) electrons. The molecule has 6 nitrogen and oxygen atoms in total. The van der Waals surface area contributed by atoms with Crippen LogP contribution in [0.4, 0.5) is 4.79 Å². The van der Waals surface area contributed by atoms with Gasteiger partial charge in [-0.15, -0.1) is 0 Å². The number of carboxylic acid groups (broad SMARTS) is 1. The summed E-state index contributed by atoms with van der Waals surface area (Å²) in [6.45, 7) is 2.74. The molecule has 0 aliphatic carbocycles. The number of nitrogens with one attached hydrogen (secondary N) is 1. The van der Waals surface area contributed by atoms with E-state index >= 15 is 0 Å². The Kier molecular flexibility index (Phi) is 3.99. The minimum absolute atomic E-state index is 0.0609. The van der Waals surface area contributed by atoms with Gasteiger partial charge in [-0.05, 0) is 40.3 Å². The Balaban J connectivity index is 1.95. The molecule has 0 spiro atoms. The molecule has 2 rings (SSSR count). The number of fused-ring (bicyclic) bond motifs is 2. The van der Waals surface area contributed by atoms with E-state index in [0.717, 1.165) is 19.4 Å². The van der Waals surface area contributed by atoms with Crippen molar-refractivity contribution < 1.29 is 14.7 Å². The van der Waals surface area contributed by atoms with E-state index in [1.54, 1.807) is 4.90 Å². The largest absolute Gasteiger partial charge is 0.481 e. The van der Waals surface area contributed by atoms with E-state index < -0.39 is 5.97 Å². The summed E-state index contributed by atoms with van der Waals surface area (Å²) in [7, 11) is 3.92. The van der Waals surface area contributed by atoms with Gasteiger partial charge in [-0.25, -0.2) is 4.79 Å². The van der Waals surface area contributed by atoms with Gasteiger partial charge in [0, 0.05) is 24.7 Å². The Bertz CT molecular complexity index is 372. The molecular formula is C13H23N3O3. The average Bonchev–Trinajstić information content (AvgIpc) is 2.84. The number of amides is 2. The molecule has 0 saturated carbocycles. The zero-order valence-electron chi connectivity index (χ0n) is 11.8. The quantitative estimate of drug-likeness (QED) is 0.783. The molecule has 2 fully saturated rings. The molecule has 2 aliphatic heterocycles. The highest BCUT2D eigenvalue weighted by Crippen LogP contribution is 2.41. The first kappa shape index (κ1) is 14.1. The van der Waals surface area contributed by atoms with E-state index in [1.165, 1.54) is 0 Å². The van der Waals surface area contributed by atoms with Gasteiger partial charge in [-0.1, -0.05) is 0 Å². The SMILES string of the molecule is CC(CN(C)C)NC(=O)N1C2CCC1C(C(=O)O)C2. The number of hydrogen-bond acceptors (Lipinski definition) is 3. The third-order valence-corrected chi connectivity index (χ3v) is 4.10. The van der Waals surface area contributed by atoms with Crippen molar-refractivity contribution in [1.82, 2.24) is 15.1 Å². The van der Waals surface area contributed by atoms with E-state index in [9.17, 15) is 14.7 Å². The normalized spacial score (nSPS) is 30.7. The lowest BCUT2D eigenvalue weighted by Gasteiger charge is -2.26. The minimum atomic E-state index is -0.772. The van der Waals surface area contributed by atoms with Crippen LogP contribution in [0.15, 0.2) is 0 Å². The fourth-order valence-electron chi connectivity index (χ4n) is 3.45. The summed E-state index contributed by atoms with van der Waals surface area (Å²) in [5, 5.41) is 12.1. The Hall–Kier alpha value is -1.30. The molecule has 0 aromatic rings. The third kappa shape index (κ3) is 2.83. The van der Waals surface area contributed by atoms with Gasteiger partial charge in [0.1, 0.15) is 0 Å². The van der Waals surface area contributed by atoms with Gasteiger partial charge in [0.25, 0.3) is 0 Å². The number of hydrogen-bond donors (Lipinski definition) is 2. The van der Waals surface area contributed by atoms with Crippen LogP contribution in [0.25, 0.3) is 0 Å². The third-order valence-electron chi connectivity index (χ3n) is 4.10. The topological polar surface area (TPSA) is 72.9 Å². The smallest absolute Gasteiger partial charge is 0.318 e. The number of carbonyl (C=O) groups is 2. The maximum Gasteiger partial charge on any atom is 0.318 e. The number of aliphatic carboxylic acids is 1. The molecular weight excluding hydrogens is 246 g/mol. The molecule has 6 heteroatoms. The molecule has 2 bridgehead atoms. The summed E-state index contributed by atoms with van der Waals surface area (Å²) in [4.78, 5) is 27.2. The predicted molar refractivity (Wildman–Crippen MR) is 70.9 cm³/mol. The molecule has 2 N–H and O–H groups in total. The number of carboxylic acids is 1. The second-order valence-electron chi connectivity index (χ2n) is 6.00. The summed E-state index contributed by atoms with van der Waals surface area (Å²) in [6.07, 6.45) is 2.36. The number of rotatable bonds is 4. The van der Waals surface area contributed by atoms with Crippen LogP contribution in [0.3, 0.4) is 0 Å². The van der Waals surface area contributed by atoms with Gasteiger partial charge < -0.3 is 20.2 Å². The molecule has 2 aliphatic rings. The van der Waals surface area contributed by atoms with Crippen molar-refractivity contribution in [3.63, 3.8) is 0 Å². The fourth-order valence-corrected chi connectivity index (χ4v) is 3.45. The van der Waals surface area contributed by atoms with E-state index in [-0.39, 0.29) is 30.1 Å². The summed E-state index contributed by atoms with van der Waals surface area (Å²) in [5.41, 5.74) is 0. The molecule has 2 saturated heterocycles. The van der Waals surface area contributed by atoms with E-state index in [1.807, 2.05) is 25.9 Å². The first-order valence-corrected chi connectivity index (χ1v) is 6.86. The predicted octanol–water partition coefficient (Wildman–Crippen LogP) is 0.584. The summed E-state index contributed by atoms with van der Waals surface area (Å²) in [6, 6.07) is -0.0527. The highest BCUT2D eigenvalue weighted by molar-refractivity contribution is 5.79. The van der Waals surface area contributed by atoms with Gasteiger partial charge in [0.05, 0.1) is 5.92 Å². The lowest BCUT2D eigenvalue weighted by Crippen LogP contribution is -2.49. The number of nitrogens with zero attached hydrogens (tertiary/aromatic N) is 2. The van der Waals surface area contributed by atoms with Crippen molar-refractivity contribution in [3.05, 3.63) is 0 Å². The van der Waals surface area contributed by atoms with Crippen LogP contribution in [0.5, 0.6) is 0 Å². The monoisotopic (exact) mass is 269 g/mol. The summed E-state index contributed by atoms with van der Waals surface area (Å²) < 4.78 is 0. The molecule has 108 valence electrons. The van der Waals surface area contributed by atoms with E-state index in [2.05, 4.69) is 5.32 Å². The molecule has 2 amide bonds. The zero-order valence-corrected chi connectivity index (χ0v) is 11.8. The number of carbonyl (C=O) groups excluding carboxylic acids is 1. The van der Waals surface area contributed by atoms with Gasteiger partial charge in [0.15, 0.2) is 0 Å². The van der Waals surface area contributed by atoms with Crippen LogP contribution < -0.4 is 5.32 Å². The molecule has 4 atom stereocenters. The van der Waals surface area contributed by atoms with Gasteiger partial charge in [-0.3, -0.25) is 4.79 Å². The second kappa shape index (κ2) is 5.36. The standard InChI is InChI=1S/C13H23N3O3/c1-8(7-15(2)3)14-13(19)16-9-4-5-11(16)10(6-9)12(17)18/h8-11H,4-7H2,1-3H3,(H,14,19)(H,17,18). The van der Waals surface area contributed by atoms with Crippen molar-refractivity contribution in [1.29, 1.82) is 0 Å². The number of likely N-dealkylation sites (N-methyl/N-ethyl adjacent to an activating group) is 1. The number of urea groups is 1. The van der Waals surface area contributed by atoms with Crippen LogP contribution >= 0.6 is 0 Å². The van der Waals surface area contributed by atoms with Crippen molar-refractivity contribution in [2.24, 2.45) is 5.92 Å². The highest BCUT2D eigenvalue weighted by Gasteiger charge is 2.51. The summed E-state index contributed by atoms with van der Waals surface area (Å²) in [5.74, 6) is -1.15. The first-order chi connectivity index (χ1) is 8.90. The second-order valence-corrected chi connectivity index (χ2v) is 6.00. The van der Waals surface area contributed by atoms with Crippen LogP contribution in [0, 0.1) is 5.92 Å². The average molecular weight is 269 g/mol. The molecule has 0 aromatic carbocycles. The Labute approximate surface area is 113 Å². The van der Waals surface area contributed by atoms with Gasteiger partial charge in [-0.2, -0.15) is 0 Å². The maximum atomic E-state index is 12.3. The Morgan fingerprint density at radius 1 is 1.42 bits per heavy atom.